The highest BCUT2D eigenvalue weighted by molar-refractivity contribution is 5.27. The molecule has 2 rings (SSSR count). The molecule has 0 saturated heterocycles. The van der Waals surface area contributed by atoms with E-state index in [0.29, 0.717) is 17.5 Å². The third-order valence-corrected chi connectivity index (χ3v) is 4.28. The Bertz CT molecular complexity index is 459. The minimum Gasteiger partial charge on any atom is -0.480 e. The van der Waals surface area contributed by atoms with Gasteiger partial charge in [0.05, 0.1) is 26.0 Å². The molecular formula is C14H23N3O3. The maximum Gasteiger partial charge on any atom is 0.241 e. The van der Waals surface area contributed by atoms with Crippen LogP contribution in [0.1, 0.15) is 37.5 Å². The van der Waals surface area contributed by atoms with Gasteiger partial charge in [0, 0.05) is 0 Å². The van der Waals surface area contributed by atoms with Crippen molar-refractivity contribution in [1.82, 2.24) is 14.9 Å². The fraction of sp³-hybridized carbons (Fsp3) is 0.714. The van der Waals surface area contributed by atoms with Gasteiger partial charge in [-0.2, -0.15) is 4.98 Å². The van der Waals surface area contributed by atoms with E-state index in [-0.39, 0.29) is 5.54 Å². The van der Waals surface area contributed by atoms with Gasteiger partial charge in [-0.1, -0.05) is 12.8 Å². The van der Waals surface area contributed by atoms with E-state index in [9.17, 15) is 5.11 Å². The van der Waals surface area contributed by atoms with Crippen LogP contribution < -0.4 is 9.47 Å². The van der Waals surface area contributed by atoms with Gasteiger partial charge in [-0.05, 0) is 26.9 Å². The number of aromatic nitrogens is 2. The molecule has 1 aromatic rings. The molecule has 1 aliphatic rings. The number of ether oxygens (including phenoxy) is 2. The number of aliphatic hydroxyl groups excluding tert-OH is 1. The highest BCUT2D eigenvalue weighted by atomic mass is 16.5. The number of nitrogens with zero attached hydrogens (tertiary/aromatic N) is 3. The van der Waals surface area contributed by atoms with Crippen molar-refractivity contribution in [3.8, 4) is 11.8 Å². The van der Waals surface area contributed by atoms with Crippen LogP contribution in [-0.4, -0.2) is 53.8 Å². The van der Waals surface area contributed by atoms with Crippen LogP contribution in [0.4, 0.5) is 0 Å². The van der Waals surface area contributed by atoms with Crippen molar-refractivity contribution in [2.45, 2.75) is 37.3 Å². The Labute approximate surface area is 119 Å². The highest BCUT2D eigenvalue weighted by Crippen LogP contribution is 2.44. The Morgan fingerprint density at radius 3 is 2.40 bits per heavy atom. The molecule has 1 saturated carbocycles. The molecule has 6 heteroatoms. The van der Waals surface area contributed by atoms with Gasteiger partial charge in [0.1, 0.15) is 11.8 Å². The van der Waals surface area contributed by atoms with Gasteiger partial charge in [0.2, 0.25) is 11.8 Å². The number of hydrogen-bond acceptors (Lipinski definition) is 6. The predicted molar refractivity (Wildman–Crippen MR) is 75.0 cm³/mol. The van der Waals surface area contributed by atoms with E-state index in [4.69, 9.17) is 9.47 Å². The first-order chi connectivity index (χ1) is 9.55. The fourth-order valence-corrected chi connectivity index (χ4v) is 3.01. The summed E-state index contributed by atoms with van der Waals surface area (Å²) < 4.78 is 10.3. The summed E-state index contributed by atoms with van der Waals surface area (Å²) in [7, 11) is 7.05. The molecular weight excluding hydrogens is 258 g/mol. The maximum absolute atomic E-state index is 10.9. The molecule has 1 heterocycles. The van der Waals surface area contributed by atoms with Gasteiger partial charge < -0.3 is 19.5 Å². The van der Waals surface area contributed by atoms with E-state index >= 15 is 0 Å². The molecule has 0 spiro atoms. The second kappa shape index (κ2) is 5.93. The molecule has 1 N–H and O–H groups in total. The minimum absolute atomic E-state index is 0.295. The fourth-order valence-electron chi connectivity index (χ4n) is 3.01. The molecule has 1 unspecified atom stereocenters. The van der Waals surface area contributed by atoms with Gasteiger partial charge in [-0.25, -0.2) is 4.98 Å². The van der Waals surface area contributed by atoms with Gasteiger partial charge in [0.15, 0.2) is 0 Å². The zero-order chi connectivity index (χ0) is 14.8. The van der Waals surface area contributed by atoms with Crippen molar-refractivity contribution in [2.75, 3.05) is 28.3 Å². The average Bonchev–Trinajstić information content (AvgIpc) is 2.96. The summed E-state index contributed by atoms with van der Waals surface area (Å²) in [4.78, 5) is 10.6. The Kier molecular flexibility index (Phi) is 4.45. The largest absolute Gasteiger partial charge is 0.480 e. The molecule has 0 bridgehead atoms. The molecule has 1 aliphatic carbocycles. The zero-order valence-electron chi connectivity index (χ0n) is 12.6. The van der Waals surface area contributed by atoms with Gasteiger partial charge >= 0.3 is 0 Å². The van der Waals surface area contributed by atoms with Crippen LogP contribution in [0, 0.1) is 0 Å². The Morgan fingerprint density at radius 2 is 1.90 bits per heavy atom. The van der Waals surface area contributed by atoms with E-state index in [0.717, 1.165) is 25.7 Å². The van der Waals surface area contributed by atoms with E-state index in [1.807, 2.05) is 14.1 Å². The molecule has 0 aliphatic heterocycles. The first-order valence-corrected chi connectivity index (χ1v) is 6.85. The smallest absolute Gasteiger partial charge is 0.241 e. The van der Waals surface area contributed by atoms with Crippen molar-refractivity contribution in [3.63, 3.8) is 0 Å². The Morgan fingerprint density at radius 1 is 1.25 bits per heavy atom. The van der Waals surface area contributed by atoms with Crippen LogP contribution in [-0.2, 0) is 0 Å². The van der Waals surface area contributed by atoms with Gasteiger partial charge in [0.25, 0.3) is 0 Å². The third-order valence-electron chi connectivity index (χ3n) is 4.28. The first-order valence-electron chi connectivity index (χ1n) is 6.85. The van der Waals surface area contributed by atoms with E-state index < -0.39 is 6.10 Å². The Balaban J connectivity index is 2.39. The minimum atomic E-state index is -0.728. The lowest BCUT2D eigenvalue weighted by Crippen LogP contribution is -2.47. The second-order valence-electron chi connectivity index (χ2n) is 5.41. The predicted octanol–water partition coefficient (Wildman–Crippen LogP) is 1.40. The van der Waals surface area contributed by atoms with Gasteiger partial charge in [-0.3, -0.25) is 0 Å². The molecule has 1 atom stereocenters. The number of methoxy groups -OCH3 is 2. The lowest BCUT2D eigenvalue weighted by Gasteiger charge is -2.40. The summed E-state index contributed by atoms with van der Waals surface area (Å²) in [5.41, 5.74) is 0.181. The third kappa shape index (κ3) is 2.45. The lowest BCUT2D eigenvalue weighted by atomic mass is 9.87. The average molecular weight is 281 g/mol. The molecule has 0 radical (unpaired) electrons. The topological polar surface area (TPSA) is 67.7 Å². The molecule has 1 fully saturated rings. The summed E-state index contributed by atoms with van der Waals surface area (Å²) in [5, 5.41) is 10.9. The lowest BCUT2D eigenvalue weighted by molar-refractivity contribution is -0.00907. The standard InChI is InChI=1S/C14H23N3O3/c1-17(2)14(7-5-6-8-14)12(18)11-13(20-4)16-10(19-3)9-15-11/h9,12,18H,5-8H2,1-4H3. The number of hydrogen-bond donors (Lipinski definition) is 1. The summed E-state index contributed by atoms with van der Waals surface area (Å²) >= 11 is 0. The molecule has 112 valence electrons. The number of rotatable bonds is 5. The van der Waals surface area contributed by atoms with Crippen LogP contribution >= 0.6 is 0 Å². The van der Waals surface area contributed by atoms with Crippen LogP contribution in [0.2, 0.25) is 0 Å². The summed E-state index contributed by atoms with van der Waals surface area (Å²) in [6.07, 6.45) is 4.89. The monoisotopic (exact) mass is 281 g/mol. The Hall–Kier alpha value is -1.40. The maximum atomic E-state index is 10.9. The number of aliphatic hydroxyl groups is 1. The van der Waals surface area contributed by atoms with Crippen molar-refractivity contribution in [2.24, 2.45) is 0 Å². The van der Waals surface area contributed by atoms with Crippen molar-refractivity contribution < 1.29 is 14.6 Å². The molecule has 1 aromatic heterocycles. The van der Waals surface area contributed by atoms with E-state index in [1.165, 1.54) is 20.4 Å². The molecule has 0 amide bonds. The molecule has 20 heavy (non-hydrogen) atoms. The summed E-state index contributed by atoms with van der Waals surface area (Å²) in [5.74, 6) is 0.702. The van der Waals surface area contributed by atoms with Crippen LogP contribution in [0.5, 0.6) is 11.8 Å². The van der Waals surface area contributed by atoms with E-state index in [2.05, 4.69) is 14.9 Å². The second-order valence-corrected chi connectivity index (χ2v) is 5.41. The normalized spacial score (nSPS) is 19.1. The van der Waals surface area contributed by atoms with Crippen molar-refractivity contribution in [1.29, 1.82) is 0 Å². The first kappa shape index (κ1) is 15.0. The summed E-state index contributed by atoms with van der Waals surface area (Å²) in [6, 6.07) is 0. The highest BCUT2D eigenvalue weighted by Gasteiger charge is 2.45. The quantitative estimate of drug-likeness (QED) is 0.880. The van der Waals surface area contributed by atoms with Crippen LogP contribution in [0.3, 0.4) is 0 Å². The SMILES string of the molecule is COc1cnc(C(O)C2(N(C)C)CCCC2)c(OC)n1. The summed E-state index contributed by atoms with van der Waals surface area (Å²) in [6.45, 7) is 0. The molecule has 6 nitrogen and oxygen atoms in total. The molecule has 0 aromatic carbocycles. The van der Waals surface area contributed by atoms with Crippen molar-refractivity contribution in [3.05, 3.63) is 11.9 Å². The van der Waals surface area contributed by atoms with E-state index in [1.54, 1.807) is 0 Å². The van der Waals surface area contributed by atoms with Crippen molar-refractivity contribution >= 4 is 0 Å². The number of likely N-dealkylation sites (N-methyl/N-ethyl adjacent to an activating group) is 1. The zero-order valence-corrected chi connectivity index (χ0v) is 12.6. The van der Waals surface area contributed by atoms with Gasteiger partial charge in [-0.15, -0.1) is 0 Å². The van der Waals surface area contributed by atoms with Crippen LogP contribution in [0.25, 0.3) is 0 Å². The van der Waals surface area contributed by atoms with Crippen LogP contribution in [0.15, 0.2) is 6.20 Å².